The first-order valence-electron chi connectivity index (χ1n) is 9.39. The first-order chi connectivity index (χ1) is 14.2. The van der Waals surface area contributed by atoms with Crippen LogP contribution in [0, 0.1) is 6.92 Å². The summed E-state index contributed by atoms with van der Waals surface area (Å²) < 4.78 is 6.88. The van der Waals surface area contributed by atoms with Crippen LogP contribution >= 0.6 is 11.3 Å². The van der Waals surface area contributed by atoms with E-state index in [0.717, 1.165) is 32.8 Å². The summed E-state index contributed by atoms with van der Waals surface area (Å²) >= 11 is 1.51. The maximum absolute atomic E-state index is 13.7. The molecule has 5 heteroatoms. The van der Waals surface area contributed by atoms with E-state index in [1.54, 1.807) is 4.90 Å². The third-order valence-electron chi connectivity index (χ3n) is 4.94. The number of fused-ring (bicyclic) bond motifs is 2. The summed E-state index contributed by atoms with van der Waals surface area (Å²) in [6.07, 6.45) is 1.92. The van der Waals surface area contributed by atoms with Gasteiger partial charge in [0.25, 0.3) is 5.91 Å². The molecule has 0 N–H and O–H groups in total. The zero-order valence-electron chi connectivity index (χ0n) is 15.8. The minimum atomic E-state index is -0.118. The second-order valence-corrected chi connectivity index (χ2v) is 7.90. The fraction of sp³-hybridized carbons (Fsp3) is 0.0833. The Balaban J connectivity index is 1.64. The van der Waals surface area contributed by atoms with Crippen molar-refractivity contribution in [1.82, 2.24) is 4.98 Å². The summed E-state index contributed by atoms with van der Waals surface area (Å²) in [7, 11) is 0. The second-order valence-electron chi connectivity index (χ2n) is 6.89. The average molecular weight is 398 g/mol. The molecule has 1 aromatic heterocycles. The van der Waals surface area contributed by atoms with Gasteiger partial charge in [0.1, 0.15) is 12.4 Å². The predicted octanol–water partition coefficient (Wildman–Crippen LogP) is 5.75. The van der Waals surface area contributed by atoms with E-state index in [9.17, 15) is 4.79 Å². The number of hydrogen-bond donors (Lipinski definition) is 0. The van der Waals surface area contributed by atoms with Crippen LogP contribution in [0.3, 0.4) is 0 Å². The molecular formula is C24H18N2O2S. The molecule has 0 unspecified atom stereocenters. The number of ether oxygens (including phenoxy) is 1. The van der Waals surface area contributed by atoms with Crippen LogP contribution in [-0.4, -0.2) is 17.5 Å². The molecule has 4 aromatic rings. The lowest BCUT2D eigenvalue weighted by atomic mass is 10.1. The molecular weight excluding hydrogens is 380 g/mol. The molecule has 1 aliphatic rings. The highest BCUT2D eigenvalue weighted by molar-refractivity contribution is 7.22. The van der Waals surface area contributed by atoms with Crippen molar-refractivity contribution in [1.29, 1.82) is 0 Å². The highest BCUT2D eigenvalue weighted by atomic mass is 32.1. The van der Waals surface area contributed by atoms with Crippen molar-refractivity contribution in [3.8, 4) is 5.75 Å². The molecule has 0 fully saturated rings. The monoisotopic (exact) mass is 398 g/mol. The van der Waals surface area contributed by atoms with Crippen LogP contribution < -0.4 is 9.64 Å². The van der Waals surface area contributed by atoms with Gasteiger partial charge < -0.3 is 4.74 Å². The third kappa shape index (κ3) is 3.19. The van der Waals surface area contributed by atoms with Crippen molar-refractivity contribution in [3.05, 3.63) is 89.5 Å². The van der Waals surface area contributed by atoms with Crippen LogP contribution in [0.15, 0.2) is 78.4 Å². The molecule has 1 aliphatic heterocycles. The maximum atomic E-state index is 13.7. The molecule has 0 spiro atoms. The van der Waals surface area contributed by atoms with E-state index in [4.69, 9.17) is 9.72 Å². The maximum Gasteiger partial charge on any atom is 0.264 e. The van der Waals surface area contributed by atoms with Crippen LogP contribution in [0.25, 0.3) is 16.3 Å². The van der Waals surface area contributed by atoms with Crippen LogP contribution in [0.2, 0.25) is 0 Å². The van der Waals surface area contributed by atoms with Crippen LogP contribution in [-0.2, 0) is 4.79 Å². The Labute approximate surface area is 172 Å². The zero-order chi connectivity index (χ0) is 19.8. The molecule has 1 amide bonds. The van der Waals surface area contributed by atoms with Crippen LogP contribution in [0.5, 0.6) is 5.75 Å². The van der Waals surface area contributed by atoms with Gasteiger partial charge in [-0.05, 0) is 42.8 Å². The van der Waals surface area contributed by atoms with Crippen molar-refractivity contribution >= 4 is 44.4 Å². The molecule has 0 aliphatic carbocycles. The highest BCUT2D eigenvalue weighted by Crippen LogP contribution is 2.37. The molecule has 0 saturated heterocycles. The standard InChI is InChI=1S/C24H18N2O2S/c1-16-8-2-5-11-20(16)26(24-25-19-10-4-7-13-22(19)29-24)23(27)18-14-17-9-3-6-12-21(17)28-15-18/h2-14H,15H2,1H3. The summed E-state index contributed by atoms with van der Waals surface area (Å²) in [5, 5.41) is 0.658. The largest absolute Gasteiger partial charge is 0.488 e. The molecule has 4 nitrogen and oxygen atoms in total. The summed E-state index contributed by atoms with van der Waals surface area (Å²) in [5.74, 6) is 0.680. The van der Waals surface area contributed by atoms with Crippen molar-refractivity contribution in [2.45, 2.75) is 6.92 Å². The summed E-state index contributed by atoms with van der Waals surface area (Å²) in [4.78, 5) is 20.1. The SMILES string of the molecule is Cc1ccccc1N(C(=O)C1=Cc2ccccc2OC1)c1nc2ccccc2s1. The van der Waals surface area contributed by atoms with E-state index in [1.807, 2.05) is 85.8 Å². The van der Waals surface area contributed by atoms with E-state index in [0.29, 0.717) is 10.7 Å². The van der Waals surface area contributed by atoms with Gasteiger partial charge in [0, 0.05) is 5.56 Å². The minimum absolute atomic E-state index is 0.118. The summed E-state index contributed by atoms with van der Waals surface area (Å²) in [5.41, 5.74) is 4.24. The summed E-state index contributed by atoms with van der Waals surface area (Å²) in [6, 6.07) is 23.6. The molecule has 142 valence electrons. The third-order valence-corrected chi connectivity index (χ3v) is 5.96. The highest BCUT2D eigenvalue weighted by Gasteiger charge is 2.28. The van der Waals surface area contributed by atoms with E-state index in [-0.39, 0.29) is 12.5 Å². The number of para-hydroxylation sites is 3. The molecule has 0 atom stereocenters. The number of amides is 1. The fourth-order valence-electron chi connectivity index (χ4n) is 3.45. The Bertz CT molecular complexity index is 1230. The van der Waals surface area contributed by atoms with Crippen molar-refractivity contribution in [2.75, 3.05) is 11.5 Å². The molecule has 3 aromatic carbocycles. The van der Waals surface area contributed by atoms with E-state index >= 15 is 0 Å². The molecule has 5 rings (SSSR count). The fourth-order valence-corrected chi connectivity index (χ4v) is 4.43. The van der Waals surface area contributed by atoms with Gasteiger partial charge in [-0.2, -0.15) is 0 Å². The first kappa shape index (κ1) is 17.6. The smallest absolute Gasteiger partial charge is 0.264 e. The Morgan fingerprint density at radius 2 is 1.76 bits per heavy atom. The molecule has 29 heavy (non-hydrogen) atoms. The van der Waals surface area contributed by atoms with Gasteiger partial charge in [-0.3, -0.25) is 9.69 Å². The molecule has 2 heterocycles. The van der Waals surface area contributed by atoms with Crippen LogP contribution in [0.1, 0.15) is 11.1 Å². The number of hydrogen-bond acceptors (Lipinski definition) is 4. The number of rotatable bonds is 3. The number of benzene rings is 3. The molecule has 0 bridgehead atoms. The number of aryl methyl sites for hydroxylation is 1. The van der Waals surface area contributed by atoms with Gasteiger partial charge in [-0.15, -0.1) is 0 Å². The number of thiazole rings is 1. The van der Waals surface area contributed by atoms with Gasteiger partial charge in [0.05, 0.1) is 21.5 Å². The van der Waals surface area contributed by atoms with Gasteiger partial charge in [-0.25, -0.2) is 4.98 Å². The Morgan fingerprint density at radius 3 is 2.62 bits per heavy atom. The average Bonchev–Trinajstić information content (AvgIpc) is 3.18. The van der Waals surface area contributed by atoms with Gasteiger partial charge in [-0.1, -0.05) is 59.9 Å². The number of nitrogens with zero attached hydrogens (tertiary/aromatic N) is 2. The van der Waals surface area contributed by atoms with Gasteiger partial charge in [0.2, 0.25) is 0 Å². The molecule has 0 saturated carbocycles. The lowest BCUT2D eigenvalue weighted by Gasteiger charge is -2.25. The van der Waals surface area contributed by atoms with E-state index < -0.39 is 0 Å². The quantitative estimate of drug-likeness (QED) is 0.442. The lowest BCUT2D eigenvalue weighted by molar-refractivity contribution is -0.114. The van der Waals surface area contributed by atoms with Gasteiger partial charge in [0.15, 0.2) is 5.13 Å². The lowest BCUT2D eigenvalue weighted by Crippen LogP contribution is -2.31. The Kier molecular flexibility index (Phi) is 4.37. The van der Waals surface area contributed by atoms with E-state index in [1.165, 1.54) is 11.3 Å². The van der Waals surface area contributed by atoms with Crippen LogP contribution in [0.4, 0.5) is 10.8 Å². The van der Waals surface area contributed by atoms with Crippen molar-refractivity contribution in [2.24, 2.45) is 0 Å². The predicted molar refractivity (Wildman–Crippen MR) is 118 cm³/mol. The zero-order valence-corrected chi connectivity index (χ0v) is 16.6. The molecule has 0 radical (unpaired) electrons. The normalized spacial score (nSPS) is 12.8. The first-order valence-corrected chi connectivity index (χ1v) is 10.2. The van der Waals surface area contributed by atoms with Crippen molar-refractivity contribution in [3.63, 3.8) is 0 Å². The summed E-state index contributed by atoms with van der Waals surface area (Å²) in [6.45, 7) is 2.24. The minimum Gasteiger partial charge on any atom is -0.488 e. The topological polar surface area (TPSA) is 42.4 Å². The Morgan fingerprint density at radius 1 is 1.00 bits per heavy atom. The van der Waals surface area contributed by atoms with Gasteiger partial charge >= 0.3 is 0 Å². The number of aromatic nitrogens is 1. The Hall–Kier alpha value is -3.44. The second kappa shape index (κ2) is 7.18. The van der Waals surface area contributed by atoms with E-state index in [2.05, 4.69) is 0 Å². The number of carbonyl (C=O) groups is 1. The number of anilines is 2. The number of carbonyl (C=O) groups excluding carboxylic acids is 1. The van der Waals surface area contributed by atoms with Crippen molar-refractivity contribution < 1.29 is 9.53 Å².